The number of allylic oxidation sites excluding steroid dienone is 1. The number of rotatable bonds is 4. The molecule has 1 aromatic rings. The van der Waals surface area contributed by atoms with Crippen LogP contribution in [0.25, 0.3) is 0 Å². The van der Waals surface area contributed by atoms with Crippen LogP contribution in [0.3, 0.4) is 0 Å². The Kier molecular flexibility index (Phi) is 5.80. The Morgan fingerprint density at radius 1 is 1.19 bits per heavy atom. The molecular formula is C26H25BrCl2O7. The lowest BCUT2D eigenvalue weighted by molar-refractivity contribution is -0.148. The van der Waals surface area contributed by atoms with E-state index in [1.165, 1.54) is 0 Å². The van der Waals surface area contributed by atoms with Gasteiger partial charge >= 0.3 is 5.97 Å². The Hall–Kier alpha value is -1.29. The zero-order valence-corrected chi connectivity index (χ0v) is 22.6. The van der Waals surface area contributed by atoms with Gasteiger partial charge in [0, 0.05) is 29.4 Å². The molecule has 6 rings (SSSR count). The molecule has 2 N–H and O–H groups in total. The summed E-state index contributed by atoms with van der Waals surface area (Å²) in [7, 11) is 0. The number of fused-ring (bicyclic) bond motifs is 4. The molecule has 3 fully saturated rings. The van der Waals surface area contributed by atoms with E-state index < -0.39 is 46.6 Å². The van der Waals surface area contributed by atoms with Gasteiger partial charge in [-0.1, -0.05) is 35.0 Å². The summed E-state index contributed by atoms with van der Waals surface area (Å²) in [5.74, 6) is -2.26. The van der Waals surface area contributed by atoms with Gasteiger partial charge in [0.15, 0.2) is 11.4 Å². The van der Waals surface area contributed by atoms with Crippen LogP contribution >= 0.6 is 39.1 Å². The molecular weight excluding hydrogens is 575 g/mol. The number of alkyl halides is 3. The van der Waals surface area contributed by atoms with Crippen molar-refractivity contribution in [1.29, 1.82) is 0 Å². The van der Waals surface area contributed by atoms with Crippen LogP contribution in [0.1, 0.15) is 65.1 Å². The number of carbonyl (C=O) groups excluding carboxylic acids is 3. The molecule has 10 heteroatoms. The lowest BCUT2D eigenvalue weighted by Gasteiger charge is -2.39. The zero-order chi connectivity index (χ0) is 25.8. The molecule has 3 heterocycles. The van der Waals surface area contributed by atoms with Gasteiger partial charge in [-0.15, -0.1) is 23.2 Å². The molecule has 1 spiro atoms. The minimum absolute atomic E-state index is 0.170. The highest BCUT2D eigenvalue weighted by Gasteiger charge is 2.68. The molecule has 9 atom stereocenters. The first-order chi connectivity index (χ1) is 17.0. The Morgan fingerprint density at radius 3 is 2.53 bits per heavy atom. The SMILES string of the molecule is Cc1c([C@@H](C(Cl)Cl)[C@H](O)[C@H]2C[C@@H](C)C(=O)O2)ccc2c1C(=O)C1=C3C[C@H]4O[C@@]3(C(=O)[C@H]4O)[C@@H](Br)C[C@H]12. The first kappa shape index (κ1) is 25.0. The highest BCUT2D eigenvalue weighted by atomic mass is 79.9. The van der Waals surface area contributed by atoms with Crippen molar-refractivity contribution in [2.45, 2.75) is 84.6 Å². The average Bonchev–Trinajstić information content (AvgIpc) is 3.52. The number of hydrogen-bond acceptors (Lipinski definition) is 7. The number of ketones is 2. The van der Waals surface area contributed by atoms with Gasteiger partial charge in [-0.05, 0) is 42.0 Å². The molecule has 7 nitrogen and oxygen atoms in total. The van der Waals surface area contributed by atoms with Crippen LogP contribution in [0.15, 0.2) is 23.3 Å². The first-order valence-electron chi connectivity index (χ1n) is 12.1. The molecule has 36 heavy (non-hydrogen) atoms. The minimum Gasteiger partial charge on any atom is -0.459 e. The monoisotopic (exact) mass is 598 g/mol. The standard InChI is InChI=1S/C26H25BrCl2O7/c1-8-5-14(35-25(8)34)20(30)19(24(28)29)10-3-4-11-12-6-16(27)26-13(7-15(36-26)21(31)23(26)33)18(12)22(32)17(11)9(10)2/h3-4,8,12,14-16,19-21,24,30-31H,5-7H2,1-2H3/t8-,12+,14-,15-,16+,19-,20-,21+,26-/m1/s1. The highest BCUT2D eigenvalue weighted by Crippen LogP contribution is 2.60. The summed E-state index contributed by atoms with van der Waals surface area (Å²) in [6.07, 6.45) is -2.56. The lowest BCUT2D eigenvalue weighted by atomic mass is 9.68. The van der Waals surface area contributed by atoms with Crippen molar-refractivity contribution >= 4 is 56.7 Å². The van der Waals surface area contributed by atoms with Crippen LogP contribution in [0, 0.1) is 12.8 Å². The van der Waals surface area contributed by atoms with Crippen molar-refractivity contribution in [1.82, 2.24) is 0 Å². The topological polar surface area (TPSA) is 110 Å². The predicted octanol–water partition coefficient (Wildman–Crippen LogP) is 3.41. The second kappa shape index (κ2) is 8.35. The van der Waals surface area contributed by atoms with Gasteiger partial charge in [0.05, 0.1) is 16.8 Å². The van der Waals surface area contributed by atoms with Crippen LogP contribution < -0.4 is 0 Å². The van der Waals surface area contributed by atoms with E-state index in [4.69, 9.17) is 32.7 Å². The summed E-state index contributed by atoms with van der Waals surface area (Å²) in [5, 5.41) is 21.5. The van der Waals surface area contributed by atoms with E-state index in [0.29, 0.717) is 47.1 Å². The van der Waals surface area contributed by atoms with Gasteiger partial charge in [0.25, 0.3) is 0 Å². The van der Waals surface area contributed by atoms with Crippen molar-refractivity contribution in [3.63, 3.8) is 0 Å². The molecule has 0 radical (unpaired) electrons. The lowest BCUT2D eigenvalue weighted by Crippen LogP contribution is -2.52. The number of hydrogen-bond donors (Lipinski definition) is 2. The summed E-state index contributed by atoms with van der Waals surface area (Å²) < 4.78 is 11.4. The second-order valence-electron chi connectivity index (χ2n) is 10.6. The van der Waals surface area contributed by atoms with E-state index in [-0.39, 0.29) is 28.4 Å². The summed E-state index contributed by atoms with van der Waals surface area (Å²) in [6, 6.07) is 3.70. The first-order valence-corrected chi connectivity index (χ1v) is 13.9. The van der Waals surface area contributed by atoms with Crippen molar-refractivity contribution in [2.24, 2.45) is 5.92 Å². The number of Topliss-reactive ketones (excluding diaryl/α,β-unsaturated/α-hetero) is 2. The zero-order valence-electron chi connectivity index (χ0n) is 19.5. The van der Waals surface area contributed by atoms with Gasteiger partial charge in [0.2, 0.25) is 5.78 Å². The van der Waals surface area contributed by atoms with Gasteiger partial charge in [-0.3, -0.25) is 14.4 Å². The molecule has 3 saturated heterocycles. The summed E-state index contributed by atoms with van der Waals surface area (Å²) in [6.45, 7) is 3.55. The molecule has 5 aliphatic rings. The van der Waals surface area contributed by atoms with Crippen LogP contribution in [-0.4, -0.2) is 67.4 Å². The maximum Gasteiger partial charge on any atom is 0.309 e. The van der Waals surface area contributed by atoms with Crippen molar-refractivity contribution < 1.29 is 34.1 Å². The molecule has 0 unspecified atom stereocenters. The number of carbonyl (C=O) groups is 3. The second-order valence-corrected chi connectivity index (χ2v) is 12.9. The van der Waals surface area contributed by atoms with Crippen molar-refractivity contribution in [2.75, 3.05) is 0 Å². The van der Waals surface area contributed by atoms with Crippen molar-refractivity contribution in [3.8, 4) is 0 Å². The molecule has 1 aromatic carbocycles. The van der Waals surface area contributed by atoms with Crippen LogP contribution in [0.5, 0.6) is 0 Å². The number of aliphatic hydroxyl groups is 2. The number of cyclic esters (lactones) is 1. The number of ether oxygens (including phenoxy) is 2. The Labute approximate surface area is 226 Å². The Balaban J connectivity index is 1.43. The molecule has 0 saturated carbocycles. The Bertz CT molecular complexity index is 1240. The largest absolute Gasteiger partial charge is 0.459 e. The van der Waals surface area contributed by atoms with Gasteiger partial charge < -0.3 is 19.7 Å². The summed E-state index contributed by atoms with van der Waals surface area (Å²) in [5.41, 5.74) is 2.59. The van der Waals surface area contributed by atoms with E-state index in [9.17, 15) is 24.6 Å². The third kappa shape index (κ3) is 3.12. The van der Waals surface area contributed by atoms with E-state index in [0.717, 1.165) is 5.56 Å². The van der Waals surface area contributed by atoms with E-state index in [2.05, 4.69) is 15.9 Å². The number of esters is 1. The third-order valence-electron chi connectivity index (χ3n) is 8.76. The molecule has 0 aromatic heterocycles. The predicted molar refractivity (Wildman–Crippen MR) is 134 cm³/mol. The molecule has 2 bridgehead atoms. The van der Waals surface area contributed by atoms with Gasteiger partial charge in [0.1, 0.15) is 23.1 Å². The smallest absolute Gasteiger partial charge is 0.309 e. The fraction of sp³-hybridized carbons (Fsp3) is 0.577. The number of benzene rings is 1. The summed E-state index contributed by atoms with van der Waals surface area (Å²) in [4.78, 5) is 37.5. The molecule has 2 aliphatic carbocycles. The fourth-order valence-electron chi connectivity index (χ4n) is 6.99. The maximum atomic E-state index is 13.9. The molecule has 192 valence electrons. The highest BCUT2D eigenvalue weighted by molar-refractivity contribution is 9.09. The maximum absolute atomic E-state index is 13.9. The van der Waals surface area contributed by atoms with Crippen LogP contribution in [-0.2, 0) is 19.1 Å². The molecule has 3 aliphatic heterocycles. The quantitative estimate of drug-likeness (QED) is 0.403. The van der Waals surface area contributed by atoms with Crippen LogP contribution in [0.2, 0.25) is 0 Å². The fourth-order valence-corrected chi connectivity index (χ4v) is 8.54. The number of halogens is 3. The number of aliphatic hydroxyl groups excluding tert-OH is 2. The van der Waals surface area contributed by atoms with Crippen molar-refractivity contribution in [3.05, 3.63) is 45.5 Å². The Morgan fingerprint density at radius 2 is 1.92 bits per heavy atom. The minimum atomic E-state index is -1.30. The molecule has 0 amide bonds. The third-order valence-corrected chi connectivity index (χ3v) is 10.3. The van der Waals surface area contributed by atoms with Gasteiger partial charge in [-0.2, -0.15) is 0 Å². The van der Waals surface area contributed by atoms with Gasteiger partial charge in [-0.25, -0.2) is 0 Å². The summed E-state index contributed by atoms with van der Waals surface area (Å²) >= 11 is 16.4. The normalized spacial score (nSPS) is 38.4. The average molecular weight is 600 g/mol. The van der Waals surface area contributed by atoms with Crippen LogP contribution in [0.4, 0.5) is 0 Å². The van der Waals surface area contributed by atoms with E-state index >= 15 is 0 Å². The van der Waals surface area contributed by atoms with E-state index in [1.54, 1.807) is 13.8 Å². The van der Waals surface area contributed by atoms with E-state index in [1.807, 2.05) is 12.1 Å².